The lowest BCUT2D eigenvalue weighted by atomic mass is 10.1. The zero-order valence-corrected chi connectivity index (χ0v) is 15.2. The van der Waals surface area contributed by atoms with Gasteiger partial charge in [0.1, 0.15) is 11.5 Å². The zero-order valence-electron chi connectivity index (χ0n) is 15.2. The lowest BCUT2D eigenvalue weighted by molar-refractivity contribution is -0.117. The van der Waals surface area contributed by atoms with Crippen LogP contribution in [0.25, 0.3) is 10.8 Å². The van der Waals surface area contributed by atoms with E-state index in [0.29, 0.717) is 11.5 Å². The normalized spacial score (nSPS) is 13.0. The number of amides is 1. The largest absolute Gasteiger partial charge is 0.387 e. The van der Waals surface area contributed by atoms with Gasteiger partial charge in [-0.3, -0.25) is 9.78 Å². The topological polar surface area (TPSA) is 79.8 Å². The molecule has 6 heteroatoms. The van der Waals surface area contributed by atoms with E-state index in [1.54, 1.807) is 18.6 Å². The van der Waals surface area contributed by atoms with E-state index in [2.05, 4.69) is 37.4 Å². The van der Waals surface area contributed by atoms with Crippen molar-refractivity contribution in [3.05, 3.63) is 53.7 Å². The van der Waals surface area contributed by atoms with E-state index in [0.717, 1.165) is 40.6 Å². The Morgan fingerprint density at radius 1 is 1.11 bits per heavy atom. The SMILES string of the molecule is CNc1ccc(C#Cc2cnc(C)c3cnc(NC(=O)C4CC4)cc23)nc1.[HH]. The molecule has 3 aromatic rings. The van der Waals surface area contributed by atoms with Crippen LogP contribution in [0.5, 0.6) is 0 Å². The first-order chi connectivity index (χ1) is 13.1. The number of nitrogens with zero attached hydrogens (tertiary/aromatic N) is 3. The summed E-state index contributed by atoms with van der Waals surface area (Å²) in [5.74, 6) is 6.94. The van der Waals surface area contributed by atoms with Gasteiger partial charge in [-0.05, 0) is 43.9 Å². The smallest absolute Gasteiger partial charge is 0.228 e. The number of hydrogen-bond donors (Lipinski definition) is 2. The van der Waals surface area contributed by atoms with Crippen molar-refractivity contribution in [1.82, 2.24) is 15.0 Å². The molecule has 0 aliphatic heterocycles. The van der Waals surface area contributed by atoms with Crippen LogP contribution in [0, 0.1) is 24.7 Å². The Labute approximate surface area is 158 Å². The van der Waals surface area contributed by atoms with Crippen LogP contribution in [-0.2, 0) is 4.79 Å². The van der Waals surface area contributed by atoms with Crippen molar-refractivity contribution in [2.75, 3.05) is 17.7 Å². The molecule has 136 valence electrons. The van der Waals surface area contributed by atoms with Crippen molar-refractivity contribution in [3.63, 3.8) is 0 Å². The summed E-state index contributed by atoms with van der Waals surface area (Å²) in [5.41, 5.74) is 3.27. The van der Waals surface area contributed by atoms with Crippen LogP contribution in [0.2, 0.25) is 0 Å². The molecule has 4 rings (SSSR count). The van der Waals surface area contributed by atoms with Crippen LogP contribution in [0.3, 0.4) is 0 Å². The molecule has 0 bridgehead atoms. The summed E-state index contributed by atoms with van der Waals surface area (Å²) in [7, 11) is 1.85. The fourth-order valence-corrected chi connectivity index (χ4v) is 2.76. The van der Waals surface area contributed by atoms with Crippen molar-refractivity contribution in [3.8, 4) is 11.8 Å². The first kappa shape index (κ1) is 17.0. The van der Waals surface area contributed by atoms with E-state index in [-0.39, 0.29) is 13.3 Å². The van der Waals surface area contributed by atoms with Crippen molar-refractivity contribution in [2.24, 2.45) is 5.92 Å². The highest BCUT2D eigenvalue weighted by molar-refractivity contribution is 5.96. The quantitative estimate of drug-likeness (QED) is 0.701. The highest BCUT2D eigenvalue weighted by Gasteiger charge is 2.29. The highest BCUT2D eigenvalue weighted by Crippen LogP contribution is 2.30. The standard InChI is InChI=1S/C21H19N5O.H2/c1-13-19-12-25-20(26-21(27)14-3-4-14)9-18(19)15(10-23-13)5-6-16-7-8-17(22-2)11-24-16;/h7-12,14,22H,3-4H2,1-2H3,(H,25,26,27);1H. The van der Waals surface area contributed by atoms with Crippen molar-refractivity contribution in [1.29, 1.82) is 0 Å². The lowest BCUT2D eigenvalue weighted by Crippen LogP contribution is -2.14. The van der Waals surface area contributed by atoms with Crippen molar-refractivity contribution < 1.29 is 6.22 Å². The maximum Gasteiger partial charge on any atom is 0.228 e. The lowest BCUT2D eigenvalue weighted by Gasteiger charge is -2.07. The molecule has 0 aromatic carbocycles. The minimum Gasteiger partial charge on any atom is -0.387 e. The molecular weight excluding hydrogens is 338 g/mol. The summed E-state index contributed by atoms with van der Waals surface area (Å²) >= 11 is 0. The van der Waals surface area contributed by atoms with Gasteiger partial charge in [0.15, 0.2) is 0 Å². The summed E-state index contributed by atoms with van der Waals surface area (Å²) in [6.45, 7) is 1.93. The van der Waals surface area contributed by atoms with Crippen LogP contribution in [0.15, 0.2) is 36.8 Å². The Bertz CT molecular complexity index is 1080. The van der Waals surface area contributed by atoms with Crippen LogP contribution in [0.4, 0.5) is 11.5 Å². The molecule has 0 spiro atoms. The average molecular weight is 359 g/mol. The predicted octanol–water partition coefficient (Wildman–Crippen LogP) is 3.37. The minimum atomic E-state index is 0. The zero-order chi connectivity index (χ0) is 18.8. The monoisotopic (exact) mass is 359 g/mol. The van der Waals surface area contributed by atoms with Gasteiger partial charge in [-0.1, -0.05) is 5.92 Å². The third-order valence-electron chi connectivity index (χ3n) is 4.55. The minimum absolute atomic E-state index is 0. The number of aryl methyl sites for hydroxylation is 1. The Balaban J connectivity index is 0.00000225. The summed E-state index contributed by atoms with van der Waals surface area (Å²) in [6.07, 6.45) is 7.15. The molecule has 2 N–H and O–H groups in total. The Hall–Kier alpha value is -3.46. The van der Waals surface area contributed by atoms with Crippen LogP contribution in [-0.4, -0.2) is 27.9 Å². The van der Waals surface area contributed by atoms with Gasteiger partial charge in [0.05, 0.1) is 17.4 Å². The molecular formula is C21H21N5O. The molecule has 6 nitrogen and oxygen atoms in total. The molecule has 0 atom stereocenters. The van der Waals surface area contributed by atoms with E-state index in [9.17, 15) is 4.79 Å². The van der Waals surface area contributed by atoms with Crippen LogP contribution in [0.1, 0.15) is 31.2 Å². The van der Waals surface area contributed by atoms with E-state index in [4.69, 9.17) is 0 Å². The molecule has 3 aromatic heterocycles. The second-order valence-electron chi connectivity index (χ2n) is 6.57. The van der Waals surface area contributed by atoms with Crippen LogP contribution < -0.4 is 10.6 Å². The van der Waals surface area contributed by atoms with Gasteiger partial charge in [-0.15, -0.1) is 0 Å². The first-order valence-electron chi connectivity index (χ1n) is 8.86. The van der Waals surface area contributed by atoms with Crippen LogP contribution >= 0.6 is 0 Å². The van der Waals surface area contributed by atoms with Gasteiger partial charge in [0.25, 0.3) is 0 Å². The number of pyridine rings is 3. The van der Waals surface area contributed by atoms with Gasteiger partial charge in [-0.25, -0.2) is 9.97 Å². The maximum atomic E-state index is 12.0. The number of nitrogens with one attached hydrogen (secondary N) is 2. The number of carbonyl (C=O) groups excluding carboxylic acids is 1. The molecule has 1 fully saturated rings. The van der Waals surface area contributed by atoms with Gasteiger partial charge in [-0.2, -0.15) is 0 Å². The number of carbonyl (C=O) groups is 1. The van der Waals surface area contributed by atoms with E-state index >= 15 is 0 Å². The molecule has 1 amide bonds. The molecule has 0 radical (unpaired) electrons. The summed E-state index contributed by atoms with van der Waals surface area (Å²) in [4.78, 5) is 25.1. The molecule has 1 aliphatic carbocycles. The number of hydrogen-bond acceptors (Lipinski definition) is 5. The van der Waals surface area contributed by atoms with Gasteiger partial charge >= 0.3 is 0 Å². The van der Waals surface area contributed by atoms with E-state index in [1.807, 2.05) is 32.2 Å². The summed E-state index contributed by atoms with van der Waals surface area (Å²) in [6, 6.07) is 5.66. The fourth-order valence-electron chi connectivity index (χ4n) is 2.76. The Morgan fingerprint density at radius 3 is 2.67 bits per heavy atom. The third-order valence-corrected chi connectivity index (χ3v) is 4.55. The number of anilines is 2. The maximum absolute atomic E-state index is 12.0. The third kappa shape index (κ3) is 3.72. The molecule has 1 aliphatic rings. The first-order valence-corrected chi connectivity index (χ1v) is 8.86. The van der Waals surface area contributed by atoms with Crippen molar-refractivity contribution in [2.45, 2.75) is 19.8 Å². The van der Waals surface area contributed by atoms with Gasteiger partial charge in [0, 0.05) is 43.3 Å². The summed E-state index contributed by atoms with van der Waals surface area (Å²) in [5, 5.41) is 7.76. The molecule has 0 unspecified atom stereocenters. The average Bonchev–Trinajstić information content (AvgIpc) is 3.53. The molecule has 0 saturated heterocycles. The number of rotatable bonds is 3. The van der Waals surface area contributed by atoms with E-state index in [1.165, 1.54) is 0 Å². The molecule has 27 heavy (non-hydrogen) atoms. The predicted molar refractivity (Wildman–Crippen MR) is 108 cm³/mol. The summed E-state index contributed by atoms with van der Waals surface area (Å²) < 4.78 is 0. The highest BCUT2D eigenvalue weighted by atomic mass is 16.2. The molecule has 1 saturated carbocycles. The fraction of sp³-hybridized carbons (Fsp3) is 0.238. The van der Waals surface area contributed by atoms with Gasteiger partial charge < -0.3 is 10.6 Å². The Morgan fingerprint density at radius 2 is 1.96 bits per heavy atom. The number of fused-ring (bicyclic) bond motifs is 1. The number of aromatic nitrogens is 3. The Kier molecular flexibility index (Phi) is 4.43. The van der Waals surface area contributed by atoms with Gasteiger partial charge in [0.2, 0.25) is 5.91 Å². The van der Waals surface area contributed by atoms with E-state index < -0.39 is 0 Å². The molecule has 3 heterocycles. The second-order valence-corrected chi connectivity index (χ2v) is 6.57. The van der Waals surface area contributed by atoms with Crippen molar-refractivity contribution >= 4 is 28.2 Å². The second kappa shape index (κ2) is 7.04.